The molecule has 0 heterocycles. The van der Waals surface area contributed by atoms with Crippen LogP contribution in [0.2, 0.25) is 0 Å². The molecule has 0 saturated heterocycles. The number of hydrogen-bond acceptors (Lipinski definition) is 4. The molecule has 0 atom stereocenters. The topological polar surface area (TPSA) is 101 Å². The maximum Gasteiger partial charge on any atom is 0.250 e. The van der Waals surface area contributed by atoms with Crippen molar-refractivity contribution in [1.29, 1.82) is 0 Å². The molecule has 0 spiro atoms. The first-order valence-corrected chi connectivity index (χ1v) is 4.95. The SMILES string of the molecule is CC(C)(O)CNc1cc(N)ccc1C(N)=O. The zero-order valence-electron chi connectivity index (χ0n) is 9.45. The number of carbonyl (C=O) groups is 1. The number of hydrogen-bond donors (Lipinski definition) is 4. The molecule has 0 aromatic heterocycles. The van der Waals surface area contributed by atoms with Gasteiger partial charge >= 0.3 is 0 Å². The zero-order chi connectivity index (χ0) is 12.3. The number of rotatable bonds is 4. The molecule has 0 aliphatic heterocycles. The van der Waals surface area contributed by atoms with Crippen molar-refractivity contribution in [1.82, 2.24) is 0 Å². The summed E-state index contributed by atoms with van der Waals surface area (Å²) in [7, 11) is 0. The first kappa shape index (κ1) is 12.3. The first-order chi connectivity index (χ1) is 7.29. The largest absolute Gasteiger partial charge is 0.399 e. The van der Waals surface area contributed by atoms with Gasteiger partial charge < -0.3 is 21.9 Å². The van der Waals surface area contributed by atoms with Gasteiger partial charge in [-0.2, -0.15) is 0 Å². The smallest absolute Gasteiger partial charge is 0.250 e. The molecule has 0 bridgehead atoms. The van der Waals surface area contributed by atoms with Crippen LogP contribution < -0.4 is 16.8 Å². The van der Waals surface area contributed by atoms with Gasteiger partial charge in [-0.15, -0.1) is 0 Å². The van der Waals surface area contributed by atoms with E-state index in [-0.39, 0.29) is 0 Å². The Balaban J connectivity index is 2.93. The molecule has 1 rings (SSSR count). The van der Waals surface area contributed by atoms with E-state index in [0.717, 1.165) is 0 Å². The van der Waals surface area contributed by atoms with Gasteiger partial charge in [-0.05, 0) is 32.0 Å². The molecule has 0 aliphatic carbocycles. The van der Waals surface area contributed by atoms with Crippen molar-refractivity contribution >= 4 is 17.3 Å². The standard InChI is InChI=1S/C11H17N3O2/c1-11(2,16)6-14-9-5-7(12)3-4-8(9)10(13)15/h3-5,14,16H,6,12H2,1-2H3,(H2,13,15). The van der Waals surface area contributed by atoms with Gasteiger partial charge in [0, 0.05) is 17.9 Å². The lowest BCUT2D eigenvalue weighted by Gasteiger charge is -2.19. The van der Waals surface area contributed by atoms with E-state index in [4.69, 9.17) is 11.5 Å². The zero-order valence-corrected chi connectivity index (χ0v) is 9.45. The summed E-state index contributed by atoms with van der Waals surface area (Å²) in [6.45, 7) is 3.63. The second-order valence-corrected chi connectivity index (χ2v) is 4.34. The lowest BCUT2D eigenvalue weighted by molar-refractivity contribution is 0.0940. The normalized spacial score (nSPS) is 11.2. The first-order valence-electron chi connectivity index (χ1n) is 4.95. The third kappa shape index (κ3) is 3.43. The Morgan fingerprint density at radius 3 is 2.62 bits per heavy atom. The van der Waals surface area contributed by atoms with Crippen molar-refractivity contribution in [2.24, 2.45) is 5.73 Å². The van der Waals surface area contributed by atoms with Crippen LogP contribution in [-0.4, -0.2) is 23.2 Å². The highest BCUT2D eigenvalue weighted by molar-refractivity contribution is 5.99. The van der Waals surface area contributed by atoms with Crippen LogP contribution in [0, 0.1) is 0 Å². The number of amides is 1. The summed E-state index contributed by atoms with van der Waals surface area (Å²) >= 11 is 0. The van der Waals surface area contributed by atoms with E-state index in [1.54, 1.807) is 32.0 Å². The summed E-state index contributed by atoms with van der Waals surface area (Å²) in [6.07, 6.45) is 0. The van der Waals surface area contributed by atoms with Crippen LogP contribution in [0.25, 0.3) is 0 Å². The molecule has 0 unspecified atom stereocenters. The van der Waals surface area contributed by atoms with Crippen molar-refractivity contribution in [3.05, 3.63) is 23.8 Å². The highest BCUT2D eigenvalue weighted by Crippen LogP contribution is 2.19. The molecule has 6 N–H and O–H groups in total. The number of nitrogen functional groups attached to an aromatic ring is 1. The predicted octanol–water partition coefficient (Wildman–Crippen LogP) is 0.551. The highest BCUT2D eigenvalue weighted by Gasteiger charge is 2.14. The van der Waals surface area contributed by atoms with Crippen LogP contribution in [0.4, 0.5) is 11.4 Å². The number of aliphatic hydroxyl groups is 1. The van der Waals surface area contributed by atoms with E-state index in [9.17, 15) is 9.90 Å². The average molecular weight is 223 g/mol. The minimum absolute atomic E-state index is 0.302. The maximum absolute atomic E-state index is 11.1. The average Bonchev–Trinajstić information content (AvgIpc) is 2.13. The molecule has 5 nitrogen and oxygen atoms in total. The monoisotopic (exact) mass is 223 g/mol. The quantitative estimate of drug-likeness (QED) is 0.560. The van der Waals surface area contributed by atoms with E-state index in [1.165, 1.54) is 0 Å². The second-order valence-electron chi connectivity index (χ2n) is 4.34. The Morgan fingerprint density at radius 2 is 2.12 bits per heavy atom. The molecule has 1 amide bonds. The lowest BCUT2D eigenvalue weighted by atomic mass is 10.1. The Morgan fingerprint density at radius 1 is 1.50 bits per heavy atom. The Kier molecular flexibility index (Phi) is 3.39. The Bertz CT molecular complexity index is 397. The van der Waals surface area contributed by atoms with Crippen LogP contribution in [-0.2, 0) is 0 Å². The summed E-state index contributed by atoms with van der Waals surface area (Å²) in [4.78, 5) is 11.1. The van der Waals surface area contributed by atoms with E-state index in [0.29, 0.717) is 23.5 Å². The number of nitrogens with one attached hydrogen (secondary N) is 1. The molecular weight excluding hydrogens is 206 g/mol. The summed E-state index contributed by atoms with van der Waals surface area (Å²) in [5.41, 5.74) is 11.4. The fourth-order valence-corrected chi connectivity index (χ4v) is 1.23. The van der Waals surface area contributed by atoms with Gasteiger partial charge in [-0.1, -0.05) is 0 Å². The summed E-state index contributed by atoms with van der Waals surface area (Å²) in [5, 5.41) is 12.5. The maximum atomic E-state index is 11.1. The van der Waals surface area contributed by atoms with Crippen LogP contribution in [0.5, 0.6) is 0 Å². The van der Waals surface area contributed by atoms with Gasteiger partial charge in [0.15, 0.2) is 0 Å². The fraction of sp³-hybridized carbons (Fsp3) is 0.364. The number of anilines is 2. The summed E-state index contributed by atoms with van der Waals surface area (Å²) in [6, 6.07) is 4.78. The van der Waals surface area contributed by atoms with E-state index in [2.05, 4.69) is 5.32 Å². The van der Waals surface area contributed by atoms with Gasteiger partial charge in [-0.25, -0.2) is 0 Å². The van der Waals surface area contributed by atoms with E-state index in [1.807, 2.05) is 0 Å². The van der Waals surface area contributed by atoms with Gasteiger partial charge in [0.2, 0.25) is 0 Å². The molecule has 0 saturated carbocycles. The van der Waals surface area contributed by atoms with Crippen LogP contribution >= 0.6 is 0 Å². The minimum atomic E-state index is -0.875. The van der Waals surface area contributed by atoms with Crippen molar-refractivity contribution in [2.45, 2.75) is 19.4 Å². The third-order valence-corrected chi connectivity index (χ3v) is 2.02. The van der Waals surface area contributed by atoms with Gasteiger partial charge in [0.25, 0.3) is 5.91 Å². The van der Waals surface area contributed by atoms with E-state index < -0.39 is 11.5 Å². The Hall–Kier alpha value is -1.75. The number of nitrogens with two attached hydrogens (primary N) is 2. The molecular formula is C11H17N3O2. The van der Waals surface area contributed by atoms with Gasteiger partial charge in [-0.3, -0.25) is 4.79 Å². The molecule has 0 radical (unpaired) electrons. The molecule has 0 aliphatic rings. The van der Waals surface area contributed by atoms with Crippen molar-refractivity contribution in [3.63, 3.8) is 0 Å². The van der Waals surface area contributed by atoms with Crippen LogP contribution in [0.15, 0.2) is 18.2 Å². The number of carbonyl (C=O) groups excluding carboxylic acids is 1. The van der Waals surface area contributed by atoms with Crippen molar-refractivity contribution in [3.8, 4) is 0 Å². The number of primary amides is 1. The van der Waals surface area contributed by atoms with Gasteiger partial charge in [0.05, 0.1) is 11.2 Å². The summed E-state index contributed by atoms with van der Waals surface area (Å²) < 4.78 is 0. The lowest BCUT2D eigenvalue weighted by Crippen LogP contribution is -2.30. The van der Waals surface area contributed by atoms with Crippen LogP contribution in [0.1, 0.15) is 24.2 Å². The second kappa shape index (κ2) is 4.40. The number of benzene rings is 1. The highest BCUT2D eigenvalue weighted by atomic mass is 16.3. The molecule has 88 valence electrons. The van der Waals surface area contributed by atoms with E-state index >= 15 is 0 Å². The molecule has 1 aromatic rings. The molecule has 1 aromatic carbocycles. The predicted molar refractivity (Wildman–Crippen MR) is 64.2 cm³/mol. The van der Waals surface area contributed by atoms with Crippen molar-refractivity contribution in [2.75, 3.05) is 17.6 Å². The minimum Gasteiger partial charge on any atom is -0.399 e. The van der Waals surface area contributed by atoms with Crippen LogP contribution in [0.3, 0.4) is 0 Å². The third-order valence-electron chi connectivity index (χ3n) is 2.02. The summed E-state index contributed by atoms with van der Waals surface area (Å²) in [5.74, 6) is -0.529. The molecule has 0 fully saturated rings. The Labute approximate surface area is 94.4 Å². The molecule has 16 heavy (non-hydrogen) atoms. The van der Waals surface area contributed by atoms with Gasteiger partial charge in [0.1, 0.15) is 0 Å². The molecule has 5 heteroatoms. The van der Waals surface area contributed by atoms with Crippen molar-refractivity contribution < 1.29 is 9.90 Å². The fourth-order valence-electron chi connectivity index (χ4n) is 1.23.